The number of benzene rings is 1. The molecule has 0 unspecified atom stereocenters. The van der Waals surface area contributed by atoms with Crippen molar-refractivity contribution in [3.63, 3.8) is 0 Å². The van der Waals surface area contributed by atoms with Crippen LogP contribution in [0.2, 0.25) is 0 Å². The van der Waals surface area contributed by atoms with Crippen LogP contribution in [0.25, 0.3) is 0 Å². The van der Waals surface area contributed by atoms with E-state index in [0.29, 0.717) is 6.04 Å². The van der Waals surface area contributed by atoms with Crippen molar-refractivity contribution < 1.29 is 4.79 Å². The lowest BCUT2D eigenvalue weighted by atomic mass is 9.79. The van der Waals surface area contributed by atoms with E-state index >= 15 is 0 Å². The first-order chi connectivity index (χ1) is 10.6. The maximum atomic E-state index is 11.1. The molecule has 1 aliphatic rings. The van der Waals surface area contributed by atoms with Gasteiger partial charge in [0.2, 0.25) is 5.91 Å². The van der Waals surface area contributed by atoms with E-state index in [1.54, 1.807) is 0 Å². The molecule has 1 aromatic rings. The zero-order valence-electron chi connectivity index (χ0n) is 14.6. The lowest BCUT2D eigenvalue weighted by Gasteiger charge is -2.47. The smallest absolute Gasteiger partial charge is 0.221 e. The van der Waals surface area contributed by atoms with Crippen LogP contribution < -0.4 is 16.0 Å². The summed E-state index contributed by atoms with van der Waals surface area (Å²) >= 11 is 5.56. The van der Waals surface area contributed by atoms with E-state index in [-0.39, 0.29) is 17.0 Å². The van der Waals surface area contributed by atoms with Crippen molar-refractivity contribution in [3.8, 4) is 0 Å². The minimum atomic E-state index is -0.0716. The fourth-order valence-corrected chi connectivity index (χ4v) is 3.90. The third-order valence-electron chi connectivity index (χ3n) is 3.99. The van der Waals surface area contributed by atoms with Gasteiger partial charge in [-0.25, -0.2) is 0 Å². The van der Waals surface area contributed by atoms with Gasteiger partial charge in [0.15, 0.2) is 0 Å². The van der Waals surface area contributed by atoms with E-state index in [9.17, 15) is 4.79 Å². The standard InChI is InChI=1S/C18H27N3OS/c1-12(22)19-14-8-6-13(7-9-14)16(23)20-15-10-17(2,3)21-18(4,5)11-15/h6-9,15,21H,10-11H2,1-5H3,(H,19,22)(H,20,23). The molecular formula is C18H27N3OS. The number of rotatable bonds is 3. The third kappa shape index (κ3) is 5.29. The molecule has 1 aromatic carbocycles. The summed E-state index contributed by atoms with van der Waals surface area (Å²) in [6, 6.07) is 7.99. The van der Waals surface area contributed by atoms with Crippen LogP contribution in [0.3, 0.4) is 0 Å². The maximum absolute atomic E-state index is 11.1. The van der Waals surface area contributed by atoms with Crippen molar-refractivity contribution in [1.29, 1.82) is 0 Å². The van der Waals surface area contributed by atoms with E-state index in [4.69, 9.17) is 12.2 Å². The quantitative estimate of drug-likeness (QED) is 0.744. The number of hydrogen-bond acceptors (Lipinski definition) is 3. The molecule has 126 valence electrons. The third-order valence-corrected chi connectivity index (χ3v) is 4.35. The van der Waals surface area contributed by atoms with Gasteiger partial charge in [-0.2, -0.15) is 0 Å². The lowest BCUT2D eigenvalue weighted by Crippen LogP contribution is -2.62. The summed E-state index contributed by atoms with van der Waals surface area (Å²) in [5, 5.41) is 9.95. The maximum Gasteiger partial charge on any atom is 0.221 e. The van der Waals surface area contributed by atoms with E-state index in [1.807, 2.05) is 24.3 Å². The molecule has 2 rings (SSSR count). The first-order valence-electron chi connectivity index (χ1n) is 8.04. The Labute approximate surface area is 144 Å². The largest absolute Gasteiger partial charge is 0.373 e. The Morgan fingerprint density at radius 1 is 1.13 bits per heavy atom. The molecule has 5 heteroatoms. The monoisotopic (exact) mass is 333 g/mol. The van der Waals surface area contributed by atoms with Gasteiger partial charge in [0, 0.05) is 35.3 Å². The van der Waals surface area contributed by atoms with Gasteiger partial charge >= 0.3 is 0 Å². The molecule has 0 aromatic heterocycles. The Morgan fingerprint density at radius 3 is 2.13 bits per heavy atom. The molecular weight excluding hydrogens is 306 g/mol. The minimum absolute atomic E-state index is 0.0716. The predicted molar refractivity (Wildman–Crippen MR) is 99.9 cm³/mol. The van der Waals surface area contributed by atoms with Crippen LogP contribution in [0.15, 0.2) is 24.3 Å². The highest BCUT2D eigenvalue weighted by atomic mass is 32.1. The summed E-state index contributed by atoms with van der Waals surface area (Å²) in [6.07, 6.45) is 2.06. The normalized spacial score (nSPS) is 19.9. The van der Waals surface area contributed by atoms with Gasteiger partial charge in [0.1, 0.15) is 4.99 Å². The highest BCUT2D eigenvalue weighted by Gasteiger charge is 2.37. The van der Waals surface area contributed by atoms with Crippen LogP contribution in [0.1, 0.15) is 53.0 Å². The molecule has 0 atom stereocenters. The van der Waals surface area contributed by atoms with E-state index in [1.165, 1.54) is 6.92 Å². The average Bonchev–Trinajstić information content (AvgIpc) is 2.34. The van der Waals surface area contributed by atoms with E-state index in [2.05, 4.69) is 43.6 Å². The van der Waals surface area contributed by atoms with Crippen LogP contribution in [0, 0.1) is 0 Å². The number of thiocarbonyl (C=S) groups is 1. The summed E-state index contributed by atoms with van der Waals surface area (Å²) in [7, 11) is 0. The van der Waals surface area contributed by atoms with Gasteiger partial charge in [-0.1, -0.05) is 12.2 Å². The molecule has 1 fully saturated rings. The number of nitrogens with one attached hydrogen (secondary N) is 3. The van der Waals surface area contributed by atoms with Crippen LogP contribution in [0.4, 0.5) is 5.69 Å². The van der Waals surface area contributed by atoms with Crippen molar-refractivity contribution in [3.05, 3.63) is 29.8 Å². The molecule has 0 aliphatic carbocycles. The predicted octanol–water partition coefficient (Wildman–Crippen LogP) is 3.22. The molecule has 1 heterocycles. The summed E-state index contributed by atoms with van der Waals surface area (Å²) in [5.74, 6) is -0.0716. The fraction of sp³-hybridized carbons (Fsp3) is 0.556. The number of anilines is 1. The second kappa shape index (κ2) is 6.57. The van der Waals surface area contributed by atoms with Crippen molar-refractivity contribution >= 4 is 28.8 Å². The number of carbonyl (C=O) groups is 1. The molecule has 0 radical (unpaired) electrons. The second-order valence-electron chi connectivity index (χ2n) is 7.73. The number of piperidine rings is 1. The van der Waals surface area contributed by atoms with Crippen molar-refractivity contribution in [2.75, 3.05) is 5.32 Å². The SMILES string of the molecule is CC(=O)Nc1ccc(C(=S)NC2CC(C)(C)NC(C)(C)C2)cc1. The van der Waals surface area contributed by atoms with E-state index < -0.39 is 0 Å². The summed E-state index contributed by atoms with van der Waals surface area (Å²) in [4.78, 5) is 11.8. The highest BCUT2D eigenvalue weighted by Crippen LogP contribution is 2.28. The molecule has 1 amide bonds. The van der Waals surface area contributed by atoms with Crippen LogP contribution in [-0.4, -0.2) is 28.0 Å². The lowest BCUT2D eigenvalue weighted by molar-refractivity contribution is -0.114. The van der Waals surface area contributed by atoms with Crippen LogP contribution in [0.5, 0.6) is 0 Å². The summed E-state index contributed by atoms with van der Waals surface area (Å²) in [6.45, 7) is 10.4. The number of hydrogen-bond donors (Lipinski definition) is 3. The average molecular weight is 334 g/mol. The topological polar surface area (TPSA) is 53.2 Å². The number of carbonyl (C=O) groups excluding carboxylic acids is 1. The van der Waals surface area contributed by atoms with Gasteiger partial charge in [-0.05, 0) is 64.8 Å². The summed E-state index contributed by atoms with van der Waals surface area (Å²) in [5.41, 5.74) is 1.94. The zero-order chi connectivity index (χ0) is 17.3. The van der Waals surface area contributed by atoms with Crippen molar-refractivity contribution in [2.24, 2.45) is 0 Å². The van der Waals surface area contributed by atoms with Crippen LogP contribution in [-0.2, 0) is 4.79 Å². The molecule has 0 bridgehead atoms. The Kier molecular flexibility index (Phi) is 5.11. The van der Waals surface area contributed by atoms with Gasteiger partial charge in [0.05, 0.1) is 0 Å². The molecule has 1 aliphatic heterocycles. The second-order valence-corrected chi connectivity index (χ2v) is 8.14. The minimum Gasteiger partial charge on any atom is -0.373 e. The van der Waals surface area contributed by atoms with Crippen LogP contribution >= 0.6 is 12.2 Å². The van der Waals surface area contributed by atoms with Crippen molar-refractivity contribution in [1.82, 2.24) is 10.6 Å². The Hall–Kier alpha value is -1.46. The Morgan fingerprint density at radius 2 is 1.65 bits per heavy atom. The summed E-state index contributed by atoms with van der Waals surface area (Å²) < 4.78 is 0. The van der Waals surface area contributed by atoms with Gasteiger partial charge < -0.3 is 16.0 Å². The Balaban J connectivity index is 2.02. The highest BCUT2D eigenvalue weighted by molar-refractivity contribution is 7.80. The first kappa shape index (κ1) is 17.9. The fourth-order valence-electron chi connectivity index (χ4n) is 3.60. The van der Waals surface area contributed by atoms with Gasteiger partial charge in [-0.15, -0.1) is 0 Å². The van der Waals surface area contributed by atoms with Gasteiger partial charge in [-0.3, -0.25) is 4.79 Å². The Bertz CT molecular complexity index is 577. The molecule has 3 N–H and O–H groups in total. The molecule has 23 heavy (non-hydrogen) atoms. The molecule has 4 nitrogen and oxygen atoms in total. The number of amides is 1. The zero-order valence-corrected chi connectivity index (χ0v) is 15.4. The molecule has 0 spiro atoms. The molecule has 0 saturated carbocycles. The van der Waals surface area contributed by atoms with E-state index in [0.717, 1.165) is 29.1 Å². The first-order valence-corrected chi connectivity index (χ1v) is 8.45. The molecule has 1 saturated heterocycles. The van der Waals surface area contributed by atoms with Gasteiger partial charge in [0.25, 0.3) is 0 Å². The van der Waals surface area contributed by atoms with Crippen molar-refractivity contribution in [2.45, 2.75) is 64.6 Å².